The molecule has 2 aromatic carbocycles. The highest BCUT2D eigenvalue weighted by molar-refractivity contribution is 5.90. The molecule has 0 aliphatic carbocycles. The van der Waals surface area contributed by atoms with Crippen molar-refractivity contribution in [2.75, 3.05) is 26.9 Å². The van der Waals surface area contributed by atoms with Crippen LogP contribution in [0.3, 0.4) is 0 Å². The number of hydrogen-bond acceptors (Lipinski definition) is 7. The molecule has 0 radical (unpaired) electrons. The minimum Gasteiger partial charge on any atom is -0.493 e. The summed E-state index contributed by atoms with van der Waals surface area (Å²) in [6.07, 6.45) is 2.03. The van der Waals surface area contributed by atoms with Crippen LogP contribution in [0.1, 0.15) is 58.9 Å². The number of carbonyl (C=O) groups is 1. The van der Waals surface area contributed by atoms with Gasteiger partial charge in [0, 0.05) is 32.2 Å². The Kier molecular flexibility index (Phi) is 7.88. The number of ether oxygens (including phenoxy) is 3. The maximum absolute atomic E-state index is 12.2. The SMILES string of the molecule is COCCCOc1ccc2cc(-c3noc([C@@H]4CCCN4/C(C)=N/C(=O)OC(C)(C)C)n3)ccc2c1. The zero-order chi connectivity index (χ0) is 25.7. The first-order valence-electron chi connectivity index (χ1n) is 12.3. The van der Waals surface area contributed by atoms with Crippen molar-refractivity contribution in [2.24, 2.45) is 4.99 Å². The predicted molar refractivity (Wildman–Crippen MR) is 137 cm³/mol. The van der Waals surface area contributed by atoms with Gasteiger partial charge in [-0.3, -0.25) is 0 Å². The highest BCUT2D eigenvalue weighted by atomic mass is 16.6. The highest BCUT2D eigenvalue weighted by Crippen LogP contribution is 2.33. The van der Waals surface area contributed by atoms with Crippen LogP contribution >= 0.6 is 0 Å². The minimum atomic E-state index is -0.600. The average molecular weight is 495 g/mol. The lowest BCUT2D eigenvalue weighted by Crippen LogP contribution is -2.30. The number of fused-ring (bicyclic) bond motifs is 1. The van der Waals surface area contributed by atoms with Crippen LogP contribution in [0.15, 0.2) is 45.9 Å². The molecule has 9 heteroatoms. The van der Waals surface area contributed by atoms with Crippen molar-refractivity contribution in [3.8, 4) is 17.1 Å². The normalized spacial score (nSPS) is 16.5. The Morgan fingerprint density at radius 1 is 1.17 bits per heavy atom. The maximum atomic E-state index is 12.2. The number of methoxy groups -OCH3 is 1. The number of benzene rings is 2. The van der Waals surface area contributed by atoms with Gasteiger partial charge in [-0.2, -0.15) is 9.98 Å². The Balaban J connectivity index is 1.47. The van der Waals surface area contributed by atoms with Gasteiger partial charge >= 0.3 is 6.09 Å². The van der Waals surface area contributed by atoms with Gasteiger partial charge in [0.05, 0.1) is 6.61 Å². The molecule has 1 aliphatic heterocycles. The molecule has 1 fully saturated rings. The van der Waals surface area contributed by atoms with Gasteiger partial charge in [-0.1, -0.05) is 23.4 Å². The van der Waals surface area contributed by atoms with Gasteiger partial charge in [-0.25, -0.2) is 4.79 Å². The van der Waals surface area contributed by atoms with Crippen LogP contribution in [0.4, 0.5) is 4.79 Å². The fraction of sp³-hybridized carbons (Fsp3) is 0.481. The topological polar surface area (TPSA) is 99.3 Å². The van der Waals surface area contributed by atoms with E-state index in [-0.39, 0.29) is 6.04 Å². The van der Waals surface area contributed by atoms with Crippen molar-refractivity contribution in [3.05, 3.63) is 42.3 Å². The molecule has 4 rings (SSSR count). The molecule has 1 aromatic heterocycles. The fourth-order valence-electron chi connectivity index (χ4n) is 4.23. The van der Waals surface area contributed by atoms with E-state index in [0.717, 1.165) is 47.9 Å². The van der Waals surface area contributed by atoms with E-state index in [9.17, 15) is 4.79 Å². The van der Waals surface area contributed by atoms with Crippen LogP contribution in [-0.4, -0.2) is 59.4 Å². The number of amides is 1. The third-order valence-electron chi connectivity index (χ3n) is 5.87. The summed E-state index contributed by atoms with van der Waals surface area (Å²) >= 11 is 0. The van der Waals surface area contributed by atoms with E-state index >= 15 is 0 Å². The molecule has 0 saturated carbocycles. The molecule has 3 aromatic rings. The summed E-state index contributed by atoms with van der Waals surface area (Å²) in [4.78, 5) is 23.0. The van der Waals surface area contributed by atoms with Crippen LogP contribution < -0.4 is 4.74 Å². The third-order valence-corrected chi connectivity index (χ3v) is 5.87. The Labute approximate surface area is 211 Å². The third kappa shape index (κ3) is 6.40. The van der Waals surface area contributed by atoms with Gasteiger partial charge in [-0.15, -0.1) is 0 Å². The first-order valence-corrected chi connectivity index (χ1v) is 12.3. The zero-order valence-electron chi connectivity index (χ0n) is 21.6. The lowest BCUT2D eigenvalue weighted by atomic mass is 10.1. The molecule has 0 spiro atoms. The molecule has 9 nitrogen and oxygen atoms in total. The van der Waals surface area contributed by atoms with Crippen molar-refractivity contribution in [3.63, 3.8) is 0 Å². The fourth-order valence-corrected chi connectivity index (χ4v) is 4.23. The number of likely N-dealkylation sites (tertiary alicyclic amines) is 1. The number of amidine groups is 1. The van der Waals surface area contributed by atoms with Crippen molar-refractivity contribution in [2.45, 2.75) is 58.6 Å². The molecule has 1 saturated heterocycles. The van der Waals surface area contributed by atoms with Crippen molar-refractivity contribution in [1.82, 2.24) is 15.0 Å². The second-order valence-electron chi connectivity index (χ2n) is 9.87. The Morgan fingerprint density at radius 3 is 2.72 bits per heavy atom. The van der Waals surface area contributed by atoms with E-state index < -0.39 is 11.7 Å². The number of carbonyl (C=O) groups excluding carboxylic acids is 1. The second-order valence-corrected chi connectivity index (χ2v) is 9.87. The molecule has 2 heterocycles. The van der Waals surface area contributed by atoms with E-state index in [1.54, 1.807) is 14.0 Å². The van der Waals surface area contributed by atoms with Gasteiger partial charge in [-0.05, 0) is 69.5 Å². The molecule has 36 heavy (non-hydrogen) atoms. The van der Waals surface area contributed by atoms with Crippen LogP contribution in [0.5, 0.6) is 5.75 Å². The molecule has 0 bridgehead atoms. The first-order chi connectivity index (χ1) is 17.2. The number of hydrogen-bond donors (Lipinski definition) is 0. The van der Waals surface area contributed by atoms with Crippen LogP contribution in [0.2, 0.25) is 0 Å². The highest BCUT2D eigenvalue weighted by Gasteiger charge is 2.32. The van der Waals surface area contributed by atoms with E-state index in [2.05, 4.69) is 15.1 Å². The van der Waals surface area contributed by atoms with Gasteiger partial charge in [0.15, 0.2) is 0 Å². The quantitative estimate of drug-likeness (QED) is 0.231. The summed E-state index contributed by atoms with van der Waals surface area (Å²) in [5.74, 6) is 2.46. The molecule has 1 aliphatic rings. The van der Waals surface area contributed by atoms with Crippen molar-refractivity contribution < 1.29 is 23.5 Å². The minimum absolute atomic E-state index is 0.129. The summed E-state index contributed by atoms with van der Waals surface area (Å²) < 4.78 is 21.9. The van der Waals surface area contributed by atoms with Gasteiger partial charge in [0.2, 0.25) is 11.7 Å². The van der Waals surface area contributed by atoms with Gasteiger partial charge in [0.25, 0.3) is 0 Å². The first kappa shape index (κ1) is 25.6. The standard InChI is InChI=1S/C27H34N4O5/c1-18(28-26(32)35-27(2,3)4)31-13-6-8-23(31)25-29-24(30-36-25)21-10-9-20-17-22(12-11-19(20)16-21)34-15-7-14-33-5/h9-12,16-17,23H,6-8,13-15H2,1-5H3/b28-18+/t23-/m0/s1. The smallest absolute Gasteiger partial charge is 0.435 e. The monoisotopic (exact) mass is 494 g/mol. The van der Waals surface area contributed by atoms with Crippen molar-refractivity contribution in [1.29, 1.82) is 0 Å². The van der Waals surface area contributed by atoms with E-state index in [1.165, 1.54) is 0 Å². The number of nitrogens with zero attached hydrogens (tertiary/aromatic N) is 4. The molecular formula is C27H34N4O5. The summed E-state index contributed by atoms with van der Waals surface area (Å²) in [6.45, 7) is 9.31. The molecule has 1 amide bonds. The number of aromatic nitrogens is 2. The molecule has 1 atom stereocenters. The maximum Gasteiger partial charge on any atom is 0.435 e. The van der Waals surface area contributed by atoms with Crippen molar-refractivity contribution >= 4 is 22.7 Å². The number of aliphatic imine (C=N–C) groups is 1. The van der Waals surface area contributed by atoms with Gasteiger partial charge in [0.1, 0.15) is 23.2 Å². The summed E-state index contributed by atoms with van der Waals surface area (Å²) in [6, 6.07) is 11.9. The Bertz CT molecular complexity index is 1230. The molecule has 0 unspecified atom stereocenters. The molecule has 0 N–H and O–H groups in total. The summed E-state index contributed by atoms with van der Waals surface area (Å²) in [5.41, 5.74) is 0.278. The van der Waals surface area contributed by atoms with Crippen LogP contribution in [-0.2, 0) is 9.47 Å². The lowest BCUT2D eigenvalue weighted by molar-refractivity contribution is 0.0601. The summed E-state index contributed by atoms with van der Waals surface area (Å²) in [5, 5.41) is 6.37. The predicted octanol–water partition coefficient (Wildman–Crippen LogP) is 5.80. The zero-order valence-corrected chi connectivity index (χ0v) is 21.6. The lowest BCUT2D eigenvalue weighted by Gasteiger charge is -2.24. The van der Waals surface area contributed by atoms with E-state index in [4.69, 9.17) is 18.7 Å². The average Bonchev–Trinajstić information content (AvgIpc) is 3.50. The Morgan fingerprint density at radius 2 is 1.94 bits per heavy atom. The Hall–Kier alpha value is -3.46. The van der Waals surface area contributed by atoms with E-state index in [1.807, 2.05) is 62.1 Å². The van der Waals surface area contributed by atoms with Crippen LogP contribution in [0, 0.1) is 0 Å². The van der Waals surface area contributed by atoms with Gasteiger partial charge < -0.3 is 23.6 Å². The molecule has 192 valence electrons. The van der Waals surface area contributed by atoms with E-state index in [0.29, 0.717) is 30.8 Å². The largest absolute Gasteiger partial charge is 0.493 e. The summed E-state index contributed by atoms with van der Waals surface area (Å²) in [7, 11) is 1.69. The second kappa shape index (κ2) is 11.1. The molecular weight excluding hydrogens is 460 g/mol. The number of rotatable bonds is 7. The van der Waals surface area contributed by atoms with Crippen LogP contribution in [0.25, 0.3) is 22.2 Å².